The Kier molecular flexibility index (Phi) is 5.57. The number of methoxy groups -OCH3 is 2. The molecule has 0 saturated carbocycles. The second-order valence-electron chi connectivity index (χ2n) is 5.61. The van der Waals surface area contributed by atoms with E-state index in [9.17, 15) is 19.8 Å². The lowest BCUT2D eigenvalue weighted by molar-refractivity contribution is -0.113. The number of amides is 1. The van der Waals surface area contributed by atoms with Gasteiger partial charge in [-0.3, -0.25) is 9.69 Å². The van der Waals surface area contributed by atoms with Crippen LogP contribution in [0.5, 0.6) is 17.2 Å². The molecule has 0 radical (unpaired) electrons. The first-order valence-corrected chi connectivity index (χ1v) is 9.15. The molecule has 1 amide bonds. The van der Waals surface area contributed by atoms with Crippen LogP contribution in [-0.2, 0) is 4.79 Å². The first-order valence-electron chi connectivity index (χ1n) is 7.92. The molecular weight excluding hydrogens is 402 g/mol. The Morgan fingerprint density at radius 3 is 2.61 bits per heavy atom. The van der Waals surface area contributed by atoms with Crippen LogP contribution >= 0.6 is 24.0 Å². The molecule has 0 unspecified atom stereocenters. The Morgan fingerprint density at radius 1 is 1.21 bits per heavy atom. The second-order valence-corrected chi connectivity index (χ2v) is 7.28. The minimum Gasteiger partial charge on any atom is -0.507 e. The van der Waals surface area contributed by atoms with Gasteiger partial charge in [0.05, 0.1) is 24.8 Å². The number of para-hydroxylation sites is 1. The molecule has 1 fully saturated rings. The van der Waals surface area contributed by atoms with Crippen molar-refractivity contribution in [1.29, 1.82) is 0 Å². The average Bonchev–Trinajstić information content (AvgIpc) is 2.95. The minimum absolute atomic E-state index is 0.250. The highest BCUT2D eigenvalue weighted by molar-refractivity contribution is 8.27. The molecule has 2 aromatic carbocycles. The van der Waals surface area contributed by atoms with E-state index in [4.69, 9.17) is 21.7 Å². The van der Waals surface area contributed by atoms with Gasteiger partial charge in [0.25, 0.3) is 5.91 Å². The van der Waals surface area contributed by atoms with Crippen LogP contribution in [0, 0.1) is 0 Å². The van der Waals surface area contributed by atoms with Crippen molar-refractivity contribution < 1.29 is 29.3 Å². The third kappa shape index (κ3) is 3.54. The van der Waals surface area contributed by atoms with E-state index in [-0.39, 0.29) is 15.6 Å². The number of ether oxygens (including phenoxy) is 2. The summed E-state index contributed by atoms with van der Waals surface area (Å²) in [5, 5.41) is 18.9. The van der Waals surface area contributed by atoms with Crippen LogP contribution in [-0.4, -0.2) is 40.6 Å². The molecule has 9 heteroatoms. The van der Waals surface area contributed by atoms with Gasteiger partial charge in [-0.25, -0.2) is 4.79 Å². The van der Waals surface area contributed by atoms with Crippen LogP contribution in [0.25, 0.3) is 6.08 Å². The molecule has 0 aromatic heterocycles. The number of hydrogen-bond acceptors (Lipinski definition) is 7. The number of thioether (sulfide) groups is 1. The van der Waals surface area contributed by atoms with Crippen LogP contribution in [0.3, 0.4) is 0 Å². The van der Waals surface area contributed by atoms with E-state index in [1.165, 1.54) is 37.3 Å². The highest BCUT2D eigenvalue weighted by atomic mass is 32.2. The van der Waals surface area contributed by atoms with Gasteiger partial charge >= 0.3 is 5.97 Å². The Morgan fingerprint density at radius 2 is 1.96 bits per heavy atom. The zero-order chi connectivity index (χ0) is 20.4. The van der Waals surface area contributed by atoms with E-state index < -0.39 is 17.6 Å². The average molecular weight is 417 g/mol. The smallest absolute Gasteiger partial charge is 0.339 e. The Balaban J connectivity index is 2.00. The molecule has 144 valence electrons. The summed E-state index contributed by atoms with van der Waals surface area (Å²) >= 11 is 6.39. The topological polar surface area (TPSA) is 96.3 Å². The lowest BCUT2D eigenvalue weighted by Gasteiger charge is -2.15. The normalized spacial score (nSPS) is 15.2. The van der Waals surface area contributed by atoms with Crippen molar-refractivity contribution in [2.45, 2.75) is 0 Å². The monoisotopic (exact) mass is 417 g/mol. The molecule has 0 atom stereocenters. The number of nitrogens with zero attached hydrogens (tertiary/aromatic N) is 1. The number of thiocarbonyl (C=S) groups is 1. The summed E-state index contributed by atoms with van der Waals surface area (Å²) in [6.07, 6.45) is 1.64. The first-order chi connectivity index (χ1) is 13.4. The van der Waals surface area contributed by atoms with Crippen molar-refractivity contribution in [1.82, 2.24) is 0 Å². The van der Waals surface area contributed by atoms with Gasteiger partial charge in [0.15, 0.2) is 15.8 Å². The molecule has 7 nitrogen and oxygen atoms in total. The summed E-state index contributed by atoms with van der Waals surface area (Å²) in [4.78, 5) is 25.7. The number of carbonyl (C=O) groups excluding carboxylic acids is 1. The SMILES string of the molecule is COc1cccc(/C=C2/SC(=S)N(c3ccc(O)c(C(=O)O)c3)C2=O)c1OC. The molecule has 0 spiro atoms. The number of anilines is 1. The predicted molar refractivity (Wildman–Crippen MR) is 110 cm³/mol. The molecule has 1 saturated heterocycles. The van der Waals surface area contributed by atoms with Crippen molar-refractivity contribution in [3.05, 3.63) is 52.4 Å². The standard InChI is InChI=1S/C19H15NO6S2/c1-25-14-5-3-4-10(16(14)26-2)8-15-17(22)20(19(27)28-15)11-6-7-13(21)12(9-11)18(23)24/h3-9,21H,1-2H3,(H,23,24)/b15-8+. The number of carboxylic acids is 1. The van der Waals surface area contributed by atoms with Gasteiger partial charge in [0, 0.05) is 5.56 Å². The highest BCUT2D eigenvalue weighted by Crippen LogP contribution is 2.39. The Hall–Kier alpha value is -3.04. The van der Waals surface area contributed by atoms with Gasteiger partial charge in [-0.15, -0.1) is 0 Å². The molecule has 0 aliphatic carbocycles. The van der Waals surface area contributed by atoms with Gasteiger partial charge in [-0.2, -0.15) is 0 Å². The zero-order valence-electron chi connectivity index (χ0n) is 14.8. The Bertz CT molecular complexity index is 1020. The van der Waals surface area contributed by atoms with Crippen LogP contribution in [0.4, 0.5) is 5.69 Å². The van der Waals surface area contributed by atoms with Gasteiger partial charge < -0.3 is 19.7 Å². The van der Waals surface area contributed by atoms with Crippen molar-refractivity contribution in [2.24, 2.45) is 0 Å². The number of aromatic carboxylic acids is 1. The number of phenols is 1. The van der Waals surface area contributed by atoms with Crippen molar-refractivity contribution in [3.8, 4) is 17.2 Å². The molecule has 28 heavy (non-hydrogen) atoms. The third-order valence-electron chi connectivity index (χ3n) is 3.98. The molecule has 1 heterocycles. The maximum Gasteiger partial charge on any atom is 0.339 e. The van der Waals surface area contributed by atoms with Crippen molar-refractivity contribution in [2.75, 3.05) is 19.1 Å². The number of carboxylic acid groups (broad SMARTS) is 1. The van der Waals surface area contributed by atoms with E-state index in [0.29, 0.717) is 22.0 Å². The van der Waals surface area contributed by atoms with E-state index in [2.05, 4.69) is 0 Å². The van der Waals surface area contributed by atoms with Crippen LogP contribution in [0.2, 0.25) is 0 Å². The fraction of sp³-hybridized carbons (Fsp3) is 0.105. The molecule has 3 rings (SSSR count). The summed E-state index contributed by atoms with van der Waals surface area (Å²) in [5.41, 5.74) is 0.586. The highest BCUT2D eigenvalue weighted by Gasteiger charge is 2.34. The minimum atomic E-state index is -1.30. The quantitative estimate of drug-likeness (QED) is 0.564. The van der Waals surface area contributed by atoms with Gasteiger partial charge in [0.2, 0.25) is 0 Å². The van der Waals surface area contributed by atoms with E-state index in [0.717, 1.165) is 11.8 Å². The fourth-order valence-electron chi connectivity index (χ4n) is 2.69. The second kappa shape index (κ2) is 7.91. The number of carbonyl (C=O) groups is 2. The van der Waals surface area contributed by atoms with E-state index in [1.807, 2.05) is 0 Å². The van der Waals surface area contributed by atoms with E-state index >= 15 is 0 Å². The molecule has 1 aliphatic rings. The number of aromatic hydroxyl groups is 1. The number of hydrogen-bond donors (Lipinski definition) is 2. The lowest BCUT2D eigenvalue weighted by atomic mass is 10.1. The predicted octanol–water partition coefficient (Wildman–Crippen LogP) is 3.51. The van der Waals surface area contributed by atoms with Gasteiger partial charge in [0.1, 0.15) is 11.3 Å². The summed E-state index contributed by atoms with van der Waals surface area (Å²) in [6.45, 7) is 0. The van der Waals surface area contributed by atoms with Crippen molar-refractivity contribution >= 4 is 51.9 Å². The van der Waals surface area contributed by atoms with Crippen LogP contribution in [0.15, 0.2) is 41.3 Å². The third-order valence-corrected chi connectivity index (χ3v) is 5.28. The molecule has 1 aliphatic heterocycles. The molecule has 2 aromatic rings. The van der Waals surface area contributed by atoms with E-state index in [1.54, 1.807) is 24.3 Å². The molecule has 0 bridgehead atoms. The zero-order valence-corrected chi connectivity index (χ0v) is 16.5. The number of rotatable bonds is 5. The van der Waals surface area contributed by atoms with Crippen LogP contribution < -0.4 is 14.4 Å². The largest absolute Gasteiger partial charge is 0.507 e. The maximum absolute atomic E-state index is 12.9. The maximum atomic E-state index is 12.9. The van der Waals surface area contributed by atoms with Gasteiger partial charge in [-0.05, 0) is 30.3 Å². The summed E-state index contributed by atoms with van der Waals surface area (Å²) < 4.78 is 10.9. The Labute approximate surface area is 170 Å². The first kappa shape index (κ1) is 19.7. The summed E-state index contributed by atoms with van der Waals surface area (Å²) in [7, 11) is 3.02. The lowest BCUT2D eigenvalue weighted by Crippen LogP contribution is -2.27. The number of benzene rings is 2. The van der Waals surface area contributed by atoms with Crippen molar-refractivity contribution in [3.63, 3.8) is 0 Å². The summed E-state index contributed by atoms with van der Waals surface area (Å²) in [6, 6.07) is 9.14. The van der Waals surface area contributed by atoms with Crippen LogP contribution in [0.1, 0.15) is 15.9 Å². The molecule has 2 N–H and O–H groups in total. The van der Waals surface area contributed by atoms with Gasteiger partial charge in [-0.1, -0.05) is 36.1 Å². The summed E-state index contributed by atoms with van der Waals surface area (Å²) in [5.74, 6) is -1.09. The fourth-order valence-corrected chi connectivity index (χ4v) is 3.98. The molecular formula is C19H15NO6S2.